The maximum absolute atomic E-state index is 13.2. The van der Waals surface area contributed by atoms with Crippen LogP contribution in [0, 0.1) is 0 Å². The van der Waals surface area contributed by atoms with Crippen molar-refractivity contribution in [3.05, 3.63) is 101 Å². The van der Waals surface area contributed by atoms with Gasteiger partial charge in [0.2, 0.25) is 5.91 Å². The molecule has 0 heterocycles. The minimum absolute atomic E-state index is 0.0821. The number of nitrogens with one attached hydrogen (secondary N) is 1. The Kier molecular flexibility index (Phi) is 9.54. The van der Waals surface area contributed by atoms with Crippen molar-refractivity contribution in [2.45, 2.75) is 18.9 Å². The molecule has 1 atom stereocenters. The number of hydrogen-bond acceptors (Lipinski definition) is 6. The van der Waals surface area contributed by atoms with E-state index in [1.54, 1.807) is 62.8 Å². The normalized spacial score (nSPS) is 11.6. The first-order chi connectivity index (χ1) is 17.4. The molecule has 0 bridgehead atoms. The van der Waals surface area contributed by atoms with Crippen LogP contribution in [0.15, 0.2) is 78.9 Å². The largest absolute Gasteiger partial charge is 0.497 e. The number of carbonyl (C=O) groups excluding carboxylic acids is 3. The van der Waals surface area contributed by atoms with E-state index in [0.29, 0.717) is 34.6 Å². The number of carbonyl (C=O) groups is 3. The third-order valence-corrected chi connectivity index (χ3v) is 5.64. The van der Waals surface area contributed by atoms with E-state index in [2.05, 4.69) is 5.32 Å². The summed E-state index contributed by atoms with van der Waals surface area (Å²) in [5.74, 6) is 0.236. The summed E-state index contributed by atoms with van der Waals surface area (Å²) < 4.78 is 10.6. The van der Waals surface area contributed by atoms with Gasteiger partial charge in [-0.1, -0.05) is 54.6 Å². The highest BCUT2D eigenvalue weighted by Crippen LogP contribution is 2.25. The molecule has 0 saturated carbocycles. The molecule has 3 rings (SSSR count). The lowest BCUT2D eigenvalue weighted by Crippen LogP contribution is -2.42. The third-order valence-electron chi connectivity index (χ3n) is 5.64. The maximum Gasteiger partial charge on any atom is 0.244 e. The number of methoxy groups -OCH3 is 2. The van der Waals surface area contributed by atoms with Crippen LogP contribution in [0.25, 0.3) is 6.08 Å². The molecule has 0 aromatic heterocycles. The third kappa shape index (κ3) is 7.38. The monoisotopic (exact) mass is 487 g/mol. The zero-order valence-corrected chi connectivity index (χ0v) is 20.3. The number of aliphatic hydroxyl groups excluding tert-OH is 1. The minimum atomic E-state index is -0.754. The van der Waals surface area contributed by atoms with Gasteiger partial charge in [0.1, 0.15) is 18.1 Å². The highest BCUT2D eigenvalue weighted by Gasteiger charge is 2.21. The number of benzene rings is 3. The topological polar surface area (TPSA) is 102 Å². The number of aliphatic hydroxyl groups is 1. The number of ketones is 2. The molecule has 0 aliphatic heterocycles. The summed E-state index contributed by atoms with van der Waals surface area (Å²) in [5, 5.41) is 11.8. The van der Waals surface area contributed by atoms with Gasteiger partial charge in [0.15, 0.2) is 11.6 Å². The van der Waals surface area contributed by atoms with Crippen LogP contribution < -0.4 is 14.8 Å². The summed E-state index contributed by atoms with van der Waals surface area (Å²) in [4.78, 5) is 37.6. The van der Waals surface area contributed by atoms with Crippen molar-refractivity contribution in [1.82, 2.24) is 5.32 Å². The van der Waals surface area contributed by atoms with E-state index in [0.717, 1.165) is 5.56 Å². The van der Waals surface area contributed by atoms with E-state index in [-0.39, 0.29) is 18.0 Å². The van der Waals surface area contributed by atoms with Crippen LogP contribution in [0.1, 0.15) is 27.0 Å². The fourth-order valence-electron chi connectivity index (χ4n) is 3.67. The lowest BCUT2D eigenvalue weighted by atomic mass is 9.97. The molecule has 1 amide bonds. The van der Waals surface area contributed by atoms with Crippen LogP contribution in [-0.2, 0) is 22.4 Å². The number of amides is 1. The Morgan fingerprint density at radius 3 is 2.28 bits per heavy atom. The van der Waals surface area contributed by atoms with Crippen molar-refractivity contribution in [2.24, 2.45) is 0 Å². The van der Waals surface area contributed by atoms with Gasteiger partial charge in [-0.2, -0.15) is 0 Å². The van der Waals surface area contributed by atoms with Crippen LogP contribution in [0.4, 0.5) is 0 Å². The molecule has 0 spiro atoms. The predicted molar refractivity (Wildman–Crippen MR) is 137 cm³/mol. The smallest absolute Gasteiger partial charge is 0.244 e. The first-order valence-corrected chi connectivity index (χ1v) is 11.4. The molecule has 0 saturated heterocycles. The van der Waals surface area contributed by atoms with E-state index in [4.69, 9.17) is 14.6 Å². The molecule has 0 unspecified atom stereocenters. The Hall–Kier alpha value is -4.23. The standard InChI is InChI=1S/C29H29NO6/c1-35-24-13-14-28(36-2)23(18-24)12-15-29(34)30-25(16-20-6-4-3-5-7-20)26(32)17-21-8-10-22(11-9-21)27(33)19-31/h3-15,18,25,31H,16-17,19H2,1-2H3,(H,30,34)/b15-12+/t25-/m0/s1. The van der Waals surface area contributed by atoms with Gasteiger partial charge in [0.05, 0.1) is 20.3 Å². The molecule has 0 fully saturated rings. The van der Waals surface area contributed by atoms with Gasteiger partial charge >= 0.3 is 0 Å². The van der Waals surface area contributed by atoms with Crippen LogP contribution in [0.2, 0.25) is 0 Å². The lowest BCUT2D eigenvalue weighted by molar-refractivity contribution is -0.125. The molecule has 3 aromatic carbocycles. The van der Waals surface area contributed by atoms with Gasteiger partial charge in [-0.25, -0.2) is 0 Å². The molecule has 7 heteroatoms. The van der Waals surface area contributed by atoms with Gasteiger partial charge < -0.3 is 19.9 Å². The fourth-order valence-corrected chi connectivity index (χ4v) is 3.67. The number of rotatable bonds is 12. The molecule has 7 nitrogen and oxygen atoms in total. The van der Waals surface area contributed by atoms with E-state index in [1.165, 1.54) is 6.08 Å². The quantitative estimate of drug-likeness (QED) is 0.300. The molecule has 0 radical (unpaired) electrons. The van der Waals surface area contributed by atoms with Crippen molar-refractivity contribution < 1.29 is 29.0 Å². The maximum atomic E-state index is 13.2. The van der Waals surface area contributed by atoms with Crippen LogP contribution in [0.3, 0.4) is 0 Å². The van der Waals surface area contributed by atoms with Gasteiger partial charge in [-0.05, 0) is 41.8 Å². The van der Waals surface area contributed by atoms with Gasteiger partial charge in [-0.3, -0.25) is 14.4 Å². The fraction of sp³-hybridized carbons (Fsp3) is 0.207. The molecule has 0 aliphatic carbocycles. The zero-order valence-electron chi connectivity index (χ0n) is 20.3. The molecule has 0 aliphatic rings. The van der Waals surface area contributed by atoms with E-state index < -0.39 is 18.6 Å². The Bertz CT molecular complexity index is 1220. The Labute approximate surface area is 210 Å². The Morgan fingerprint density at radius 1 is 0.917 bits per heavy atom. The van der Waals surface area contributed by atoms with E-state index in [9.17, 15) is 14.4 Å². The summed E-state index contributed by atoms with van der Waals surface area (Å²) in [7, 11) is 3.10. The van der Waals surface area contributed by atoms with Crippen molar-refractivity contribution in [1.29, 1.82) is 0 Å². The molecular weight excluding hydrogens is 458 g/mol. The summed E-state index contributed by atoms with van der Waals surface area (Å²) >= 11 is 0. The average Bonchev–Trinajstić information content (AvgIpc) is 2.91. The van der Waals surface area contributed by atoms with Gasteiger partial charge in [0.25, 0.3) is 0 Å². The van der Waals surface area contributed by atoms with Gasteiger partial charge in [-0.15, -0.1) is 0 Å². The zero-order chi connectivity index (χ0) is 25.9. The van der Waals surface area contributed by atoms with Crippen molar-refractivity contribution in [3.8, 4) is 11.5 Å². The van der Waals surface area contributed by atoms with Crippen LogP contribution in [-0.4, -0.2) is 49.4 Å². The molecule has 186 valence electrons. The molecule has 3 aromatic rings. The SMILES string of the molecule is COc1ccc(OC)c(/C=C/C(=O)N[C@@H](Cc2ccccc2)C(=O)Cc2ccc(C(=O)CO)cc2)c1. The number of Topliss-reactive ketones (excluding diaryl/α,β-unsaturated/α-hetero) is 2. The van der Waals surface area contributed by atoms with Crippen LogP contribution in [0.5, 0.6) is 11.5 Å². The summed E-state index contributed by atoms with van der Waals surface area (Å²) in [6.45, 7) is -0.571. The number of ether oxygens (including phenoxy) is 2. The first-order valence-electron chi connectivity index (χ1n) is 11.4. The molecule has 2 N–H and O–H groups in total. The Balaban J connectivity index is 1.76. The summed E-state index contributed by atoms with van der Waals surface area (Å²) in [6, 6.07) is 20.5. The first kappa shape index (κ1) is 26.4. The molecular formula is C29H29NO6. The second kappa shape index (κ2) is 13.0. The van der Waals surface area contributed by atoms with Crippen molar-refractivity contribution >= 4 is 23.5 Å². The highest BCUT2D eigenvalue weighted by molar-refractivity contribution is 5.98. The Morgan fingerprint density at radius 2 is 1.64 bits per heavy atom. The van der Waals surface area contributed by atoms with Crippen molar-refractivity contribution in [3.63, 3.8) is 0 Å². The predicted octanol–water partition coefficient (Wildman–Crippen LogP) is 3.43. The highest BCUT2D eigenvalue weighted by atomic mass is 16.5. The second-order valence-electron chi connectivity index (χ2n) is 8.11. The second-order valence-corrected chi connectivity index (χ2v) is 8.11. The van der Waals surface area contributed by atoms with Gasteiger partial charge in [0, 0.05) is 23.6 Å². The average molecular weight is 488 g/mol. The van der Waals surface area contributed by atoms with Crippen LogP contribution >= 0.6 is 0 Å². The van der Waals surface area contributed by atoms with E-state index >= 15 is 0 Å². The van der Waals surface area contributed by atoms with Crippen molar-refractivity contribution in [2.75, 3.05) is 20.8 Å². The molecule has 36 heavy (non-hydrogen) atoms. The van der Waals surface area contributed by atoms with E-state index in [1.807, 2.05) is 30.3 Å². The lowest BCUT2D eigenvalue weighted by Gasteiger charge is -2.17. The summed E-state index contributed by atoms with van der Waals surface area (Å²) in [5.41, 5.74) is 2.66. The summed E-state index contributed by atoms with van der Waals surface area (Å²) in [6.07, 6.45) is 3.39. The number of hydrogen-bond donors (Lipinski definition) is 2. The minimum Gasteiger partial charge on any atom is -0.497 e.